The van der Waals surface area contributed by atoms with Gasteiger partial charge in [-0.25, -0.2) is 0 Å². The number of nitrogens with one attached hydrogen (secondary N) is 4. The summed E-state index contributed by atoms with van der Waals surface area (Å²) in [5.41, 5.74) is 5.63. The molecule has 44 heavy (non-hydrogen) atoms. The monoisotopic (exact) mass is 708 g/mol. The maximum atomic E-state index is 17.1. The minimum atomic E-state index is -0.651. The Morgan fingerprint density at radius 1 is 0.455 bits per heavy atom. The van der Waals surface area contributed by atoms with Crippen LogP contribution in [-0.2, 0) is 0 Å². The van der Waals surface area contributed by atoms with Crippen molar-refractivity contribution >= 4 is 132 Å². The van der Waals surface area contributed by atoms with Gasteiger partial charge in [-0.3, -0.25) is 0 Å². The van der Waals surface area contributed by atoms with Crippen LogP contribution in [0.5, 0.6) is 0 Å². The maximum absolute atomic E-state index is 17.1. The fourth-order valence-corrected chi connectivity index (χ4v) is 9.25. The van der Waals surface area contributed by atoms with Gasteiger partial charge in [0, 0.05) is 0 Å². The number of hydrogen-bond acceptors (Lipinski definition) is 8. The van der Waals surface area contributed by atoms with Gasteiger partial charge >= 0.3 is 262 Å². The van der Waals surface area contributed by atoms with E-state index in [0.29, 0.717) is 33.0 Å². The summed E-state index contributed by atoms with van der Waals surface area (Å²) >= 11 is -1.09. The van der Waals surface area contributed by atoms with E-state index in [-0.39, 0.29) is 10.8 Å². The molecule has 0 radical (unpaired) electrons. The molecule has 0 fully saturated rings. The average Bonchev–Trinajstić information content (AvgIpc) is 3.72. The molecular weight excluding hydrogens is 690 g/mol. The first-order valence-corrected chi connectivity index (χ1v) is 17.0. The van der Waals surface area contributed by atoms with Gasteiger partial charge < -0.3 is 0 Å². The molecule has 6 aromatic carbocycles. The molecule has 4 N–H and O–H groups in total. The van der Waals surface area contributed by atoms with E-state index in [9.17, 15) is 0 Å². The van der Waals surface area contributed by atoms with Gasteiger partial charge in [-0.05, 0) is 0 Å². The van der Waals surface area contributed by atoms with Crippen LogP contribution >= 0.6 is 0 Å². The molecule has 2 aliphatic rings. The van der Waals surface area contributed by atoms with Crippen LogP contribution < -0.4 is 31.8 Å². The van der Waals surface area contributed by atoms with Gasteiger partial charge in [0.2, 0.25) is 0 Å². The number of aromatic nitrogens is 4. The third-order valence-corrected chi connectivity index (χ3v) is 10.9. The van der Waals surface area contributed by atoms with Crippen molar-refractivity contribution in [3.05, 3.63) is 84.4 Å². The van der Waals surface area contributed by atoms with E-state index in [0.717, 1.165) is 44.3 Å². The number of benzene rings is 6. The van der Waals surface area contributed by atoms with Crippen molar-refractivity contribution in [2.75, 3.05) is 20.9 Å². The van der Waals surface area contributed by atoms with Gasteiger partial charge in [-0.1, -0.05) is 0 Å². The van der Waals surface area contributed by atoms with Crippen molar-refractivity contribution in [2.24, 2.45) is 0 Å². The quantitative estimate of drug-likeness (QED) is 0.201. The predicted octanol–water partition coefficient (Wildman–Crippen LogP) is 3.89. The molecule has 2 aromatic heterocycles. The fraction of sp³-hybridized carbons (Fsp3) is 0. The minimum absolute atomic E-state index is 0.105. The van der Waals surface area contributed by atoms with Crippen molar-refractivity contribution in [1.29, 1.82) is 0 Å². The molecule has 10 rings (SSSR count). The van der Waals surface area contributed by atoms with Crippen LogP contribution in [0.2, 0.25) is 0 Å². The molecule has 0 aliphatic carbocycles. The summed E-state index contributed by atoms with van der Waals surface area (Å²) in [5.74, 6) is -1.13. The normalized spacial score (nSPS) is 13.9. The summed E-state index contributed by atoms with van der Waals surface area (Å²) in [5, 5.41) is 18.3. The topological polar surface area (TPSA) is 99.7 Å². The number of fused-ring (bicyclic) bond motifs is 5. The zero-order chi connectivity index (χ0) is 29.1. The summed E-state index contributed by atoms with van der Waals surface area (Å²) in [7, 11) is 0. The standard InChI is InChI=1S/C30H16B2F2N8Se2/c33-25-21-22(27-29(41-43-39-27)23(25)31-35-15-9-1-5-13-6-2-10-16(36-31)19(13)15)26(34)24(30-28(21)40-44-42-30)32-37-17-11-3-7-14-8-4-12-18(38-32)20(14)17/h1-12,35-38H. The Morgan fingerprint density at radius 2 is 0.795 bits per heavy atom. The van der Waals surface area contributed by atoms with Gasteiger partial charge in [-0.15, -0.1) is 0 Å². The Morgan fingerprint density at radius 3 is 1.16 bits per heavy atom. The Hall–Kier alpha value is -4.47. The molecule has 0 amide bonds. The van der Waals surface area contributed by atoms with Crippen molar-refractivity contribution in [1.82, 2.24) is 15.9 Å². The molecule has 0 bridgehead atoms. The third-order valence-electron chi connectivity index (χ3n) is 8.71. The fourth-order valence-electron chi connectivity index (χ4n) is 6.87. The van der Waals surface area contributed by atoms with Crippen molar-refractivity contribution < 1.29 is 8.78 Å². The van der Waals surface area contributed by atoms with E-state index < -0.39 is 55.5 Å². The Kier molecular flexibility index (Phi) is 5.11. The van der Waals surface area contributed by atoms with E-state index in [2.05, 4.69) is 36.8 Å². The molecule has 14 heteroatoms. The Bertz CT molecular complexity index is 2280. The van der Waals surface area contributed by atoms with Gasteiger partial charge in [0.15, 0.2) is 0 Å². The molecule has 0 unspecified atom stereocenters. The molecule has 208 valence electrons. The molecule has 0 atom stereocenters. The van der Waals surface area contributed by atoms with Crippen molar-refractivity contribution in [3.63, 3.8) is 0 Å². The summed E-state index contributed by atoms with van der Waals surface area (Å²) < 4.78 is 52.8. The summed E-state index contributed by atoms with van der Waals surface area (Å²) in [6.07, 6.45) is 0. The average molecular weight is 706 g/mol. The molecular formula is C30H16B2F2N8Se2. The second-order valence-corrected chi connectivity index (χ2v) is 13.2. The van der Waals surface area contributed by atoms with Crippen LogP contribution in [0.1, 0.15) is 0 Å². The van der Waals surface area contributed by atoms with E-state index >= 15 is 8.78 Å². The van der Waals surface area contributed by atoms with Crippen LogP contribution in [0.15, 0.2) is 72.8 Å². The molecule has 0 spiro atoms. The van der Waals surface area contributed by atoms with Gasteiger partial charge in [0.05, 0.1) is 0 Å². The van der Waals surface area contributed by atoms with Crippen molar-refractivity contribution in [2.45, 2.75) is 0 Å². The Labute approximate surface area is 260 Å². The van der Waals surface area contributed by atoms with Crippen molar-refractivity contribution in [3.8, 4) is 0 Å². The summed E-state index contributed by atoms with van der Waals surface area (Å²) in [6.45, 7) is -1.30. The van der Waals surface area contributed by atoms with Crippen LogP contribution in [0, 0.1) is 11.6 Å². The number of rotatable bonds is 2. The molecule has 0 saturated carbocycles. The zero-order valence-corrected chi connectivity index (χ0v) is 25.9. The first-order valence-electron chi connectivity index (χ1n) is 14.0. The number of anilines is 4. The third kappa shape index (κ3) is 3.28. The Balaban J connectivity index is 1.20. The van der Waals surface area contributed by atoms with Gasteiger partial charge in [0.25, 0.3) is 0 Å². The van der Waals surface area contributed by atoms with Gasteiger partial charge in [-0.2, -0.15) is 0 Å². The molecule has 8 nitrogen and oxygen atoms in total. The second-order valence-electron chi connectivity index (χ2n) is 11.0. The molecule has 2 aliphatic heterocycles. The SMILES string of the molecule is Fc1c(B2Nc3cccc4cccc(c34)N2)c2n[se]nc2c2c(F)c(B3Nc4cccc5cccc(c45)N3)c3n[se]nc3c12. The number of hydrogen-bond donors (Lipinski definition) is 4. The van der Waals surface area contributed by atoms with E-state index in [1.807, 2.05) is 72.8 Å². The zero-order valence-electron chi connectivity index (χ0n) is 22.4. The van der Waals surface area contributed by atoms with E-state index in [1.165, 1.54) is 0 Å². The number of nitrogens with zero attached hydrogens (tertiary/aromatic N) is 4. The first kappa shape index (κ1) is 24.9. The first-order chi connectivity index (χ1) is 21.7. The predicted molar refractivity (Wildman–Crippen MR) is 177 cm³/mol. The van der Waals surface area contributed by atoms with Gasteiger partial charge in [0.1, 0.15) is 0 Å². The molecule has 8 aromatic rings. The summed E-state index contributed by atoms with van der Waals surface area (Å²) in [4.78, 5) is 0. The van der Waals surface area contributed by atoms with Crippen LogP contribution in [-0.4, -0.2) is 59.8 Å². The number of halogens is 2. The summed E-state index contributed by atoms with van der Waals surface area (Å²) in [6, 6.07) is 24.0. The van der Waals surface area contributed by atoms with E-state index in [4.69, 9.17) is 0 Å². The molecule has 4 heterocycles. The molecule has 0 saturated heterocycles. The van der Waals surface area contributed by atoms with E-state index in [1.54, 1.807) is 0 Å². The van der Waals surface area contributed by atoms with Crippen LogP contribution in [0.3, 0.4) is 0 Å². The van der Waals surface area contributed by atoms with Crippen LogP contribution in [0.25, 0.3) is 54.4 Å². The van der Waals surface area contributed by atoms with Crippen LogP contribution in [0.4, 0.5) is 31.5 Å². The second kappa shape index (κ2) is 9.03.